The van der Waals surface area contributed by atoms with Crippen LogP contribution in [0.4, 0.5) is 5.69 Å². The Labute approximate surface area is 132 Å². The molecule has 1 aromatic carbocycles. The molecule has 0 unspecified atom stereocenters. The highest BCUT2D eigenvalue weighted by molar-refractivity contribution is 7.12. The van der Waals surface area contributed by atoms with Gasteiger partial charge in [-0.05, 0) is 47.9 Å². The van der Waals surface area contributed by atoms with Crippen LogP contribution in [0.25, 0.3) is 5.69 Å². The number of amides is 1. The molecule has 0 spiro atoms. The van der Waals surface area contributed by atoms with E-state index in [9.17, 15) is 4.79 Å². The predicted molar refractivity (Wildman–Crippen MR) is 87.8 cm³/mol. The van der Waals surface area contributed by atoms with Crippen molar-refractivity contribution in [3.63, 3.8) is 0 Å². The van der Waals surface area contributed by atoms with Crippen LogP contribution in [0.1, 0.15) is 34.0 Å². The summed E-state index contributed by atoms with van der Waals surface area (Å²) < 4.78 is 1.76. The number of carbonyl (C=O) groups excluding carboxylic acids is 1. The van der Waals surface area contributed by atoms with E-state index in [-0.39, 0.29) is 5.91 Å². The largest absolute Gasteiger partial charge is 0.319 e. The lowest BCUT2D eigenvalue weighted by molar-refractivity contribution is 0.102. The van der Waals surface area contributed by atoms with Gasteiger partial charge in [0, 0.05) is 0 Å². The summed E-state index contributed by atoms with van der Waals surface area (Å²) in [7, 11) is 0. The van der Waals surface area contributed by atoms with Crippen LogP contribution in [0.2, 0.25) is 0 Å². The standard InChI is InChI=1S/C17H15N3OS/c21-17(16-15(8-9-22-16)12-6-7-12)19-13-10-18-20(11-13)14-4-2-1-3-5-14/h1-5,8-12H,6-7H2,(H,19,21). The molecule has 4 rings (SSSR count). The first kappa shape index (κ1) is 13.3. The molecule has 1 N–H and O–H groups in total. The zero-order chi connectivity index (χ0) is 14.9. The van der Waals surface area contributed by atoms with Gasteiger partial charge in [-0.15, -0.1) is 11.3 Å². The number of hydrogen-bond donors (Lipinski definition) is 1. The van der Waals surface area contributed by atoms with Crippen molar-refractivity contribution in [3.05, 3.63) is 64.6 Å². The maximum absolute atomic E-state index is 12.4. The predicted octanol–water partition coefficient (Wildman–Crippen LogP) is 4.06. The van der Waals surface area contributed by atoms with Crippen LogP contribution in [0, 0.1) is 0 Å². The average molecular weight is 309 g/mol. The normalized spacial score (nSPS) is 14.0. The van der Waals surface area contributed by atoms with Crippen molar-refractivity contribution in [2.75, 3.05) is 5.32 Å². The molecule has 0 radical (unpaired) electrons. The number of nitrogens with zero attached hydrogens (tertiary/aromatic N) is 2. The molecule has 2 heterocycles. The van der Waals surface area contributed by atoms with Crippen molar-refractivity contribution >= 4 is 22.9 Å². The third-order valence-corrected chi connectivity index (χ3v) is 4.71. The summed E-state index contributed by atoms with van der Waals surface area (Å²) in [4.78, 5) is 13.3. The Bertz CT molecular complexity index is 802. The number of benzene rings is 1. The van der Waals surface area contributed by atoms with Gasteiger partial charge in [0.25, 0.3) is 5.91 Å². The lowest BCUT2D eigenvalue weighted by Gasteiger charge is -2.03. The third kappa shape index (κ3) is 2.55. The first-order chi connectivity index (χ1) is 10.8. The fourth-order valence-corrected chi connectivity index (χ4v) is 3.40. The van der Waals surface area contributed by atoms with Gasteiger partial charge >= 0.3 is 0 Å². The van der Waals surface area contributed by atoms with E-state index in [1.165, 1.54) is 29.7 Å². The molecule has 0 bridgehead atoms. The molecule has 0 saturated heterocycles. The van der Waals surface area contributed by atoms with E-state index in [0.29, 0.717) is 11.6 Å². The highest BCUT2D eigenvalue weighted by atomic mass is 32.1. The molecular weight excluding hydrogens is 294 g/mol. The lowest BCUT2D eigenvalue weighted by atomic mass is 10.1. The number of aromatic nitrogens is 2. The zero-order valence-corrected chi connectivity index (χ0v) is 12.7. The number of para-hydroxylation sites is 1. The minimum atomic E-state index is -0.0375. The summed E-state index contributed by atoms with van der Waals surface area (Å²) in [6.07, 6.45) is 5.90. The Morgan fingerprint density at radius 3 is 2.82 bits per heavy atom. The molecule has 3 aromatic rings. The molecule has 1 fully saturated rings. The van der Waals surface area contributed by atoms with Crippen molar-refractivity contribution in [1.29, 1.82) is 0 Å². The Morgan fingerprint density at radius 1 is 1.23 bits per heavy atom. The van der Waals surface area contributed by atoms with Gasteiger partial charge < -0.3 is 5.32 Å². The van der Waals surface area contributed by atoms with E-state index >= 15 is 0 Å². The van der Waals surface area contributed by atoms with Crippen molar-refractivity contribution in [3.8, 4) is 5.69 Å². The topological polar surface area (TPSA) is 46.9 Å². The Hall–Kier alpha value is -2.40. The highest BCUT2D eigenvalue weighted by Crippen LogP contribution is 2.43. The monoisotopic (exact) mass is 309 g/mol. The average Bonchev–Trinajstić information content (AvgIpc) is 3.09. The number of thiophene rings is 1. The second kappa shape index (κ2) is 5.42. The lowest BCUT2D eigenvalue weighted by Crippen LogP contribution is -2.11. The zero-order valence-electron chi connectivity index (χ0n) is 11.9. The quantitative estimate of drug-likeness (QED) is 0.790. The minimum absolute atomic E-state index is 0.0375. The number of nitrogens with one attached hydrogen (secondary N) is 1. The summed E-state index contributed by atoms with van der Waals surface area (Å²) in [6, 6.07) is 11.9. The molecule has 22 heavy (non-hydrogen) atoms. The minimum Gasteiger partial charge on any atom is -0.319 e. The third-order valence-electron chi connectivity index (χ3n) is 3.78. The summed E-state index contributed by atoms with van der Waals surface area (Å²) in [6.45, 7) is 0. The first-order valence-electron chi connectivity index (χ1n) is 7.30. The molecule has 1 aliphatic carbocycles. The molecular formula is C17H15N3OS. The molecule has 110 valence electrons. The van der Waals surface area contributed by atoms with Crippen molar-refractivity contribution in [2.24, 2.45) is 0 Å². The van der Waals surface area contributed by atoms with E-state index in [2.05, 4.69) is 16.5 Å². The maximum Gasteiger partial charge on any atom is 0.266 e. The summed E-state index contributed by atoms with van der Waals surface area (Å²) in [5.41, 5.74) is 2.87. The van der Waals surface area contributed by atoms with Crippen molar-refractivity contribution in [2.45, 2.75) is 18.8 Å². The van der Waals surface area contributed by atoms with Crippen molar-refractivity contribution < 1.29 is 4.79 Å². The molecule has 1 amide bonds. The summed E-state index contributed by atoms with van der Waals surface area (Å²) in [5, 5.41) is 9.24. The van der Waals surface area contributed by atoms with Gasteiger partial charge in [0.1, 0.15) is 0 Å². The fourth-order valence-electron chi connectivity index (χ4n) is 2.52. The number of carbonyl (C=O) groups is 1. The Morgan fingerprint density at radius 2 is 2.05 bits per heavy atom. The maximum atomic E-state index is 12.4. The highest BCUT2D eigenvalue weighted by Gasteiger charge is 2.29. The molecule has 0 aliphatic heterocycles. The number of hydrogen-bond acceptors (Lipinski definition) is 3. The Kier molecular flexibility index (Phi) is 3.27. The fraction of sp³-hybridized carbons (Fsp3) is 0.176. The van der Waals surface area contributed by atoms with Crippen LogP contribution >= 0.6 is 11.3 Å². The van der Waals surface area contributed by atoms with Crippen LogP contribution in [0.3, 0.4) is 0 Å². The molecule has 1 saturated carbocycles. The van der Waals surface area contributed by atoms with Gasteiger partial charge in [0.2, 0.25) is 0 Å². The number of anilines is 1. The molecule has 1 aliphatic rings. The van der Waals surface area contributed by atoms with Crippen LogP contribution in [-0.4, -0.2) is 15.7 Å². The second-order valence-corrected chi connectivity index (χ2v) is 6.36. The van der Waals surface area contributed by atoms with Crippen LogP contribution in [0.5, 0.6) is 0 Å². The SMILES string of the molecule is O=C(Nc1cnn(-c2ccccc2)c1)c1sccc1C1CC1. The van der Waals surface area contributed by atoms with E-state index in [0.717, 1.165) is 10.6 Å². The van der Waals surface area contributed by atoms with E-state index in [4.69, 9.17) is 0 Å². The van der Waals surface area contributed by atoms with Gasteiger partial charge in [0.15, 0.2) is 0 Å². The van der Waals surface area contributed by atoms with Crippen LogP contribution in [-0.2, 0) is 0 Å². The number of rotatable bonds is 4. The summed E-state index contributed by atoms with van der Waals surface area (Å²) in [5.74, 6) is 0.545. The molecule has 0 atom stereocenters. The van der Waals surface area contributed by atoms with E-state index in [1.807, 2.05) is 41.9 Å². The summed E-state index contributed by atoms with van der Waals surface area (Å²) >= 11 is 1.51. The van der Waals surface area contributed by atoms with E-state index in [1.54, 1.807) is 10.9 Å². The molecule has 5 heteroatoms. The van der Waals surface area contributed by atoms with Gasteiger partial charge in [-0.2, -0.15) is 5.10 Å². The van der Waals surface area contributed by atoms with Gasteiger partial charge in [-0.3, -0.25) is 4.79 Å². The van der Waals surface area contributed by atoms with Crippen LogP contribution in [0.15, 0.2) is 54.2 Å². The van der Waals surface area contributed by atoms with Crippen molar-refractivity contribution in [1.82, 2.24) is 9.78 Å². The Balaban J connectivity index is 1.53. The van der Waals surface area contributed by atoms with Gasteiger partial charge in [-0.25, -0.2) is 4.68 Å². The molecule has 4 nitrogen and oxygen atoms in total. The van der Waals surface area contributed by atoms with E-state index < -0.39 is 0 Å². The molecule has 2 aromatic heterocycles. The second-order valence-electron chi connectivity index (χ2n) is 5.44. The van der Waals surface area contributed by atoms with Gasteiger partial charge in [-0.1, -0.05) is 18.2 Å². The smallest absolute Gasteiger partial charge is 0.266 e. The van der Waals surface area contributed by atoms with Gasteiger partial charge in [0.05, 0.1) is 28.6 Å². The first-order valence-corrected chi connectivity index (χ1v) is 8.18. The van der Waals surface area contributed by atoms with Crippen LogP contribution < -0.4 is 5.32 Å².